The SMILES string of the molecule is CCOC(=O)/C=C(\N)C(F)(F)F.O=C=NCc1cccc(Cl)c1Cl.O=c1cc(C(F)(F)F)[nH]c(=O)n1Cc1cccc(Cl)c1Cl. The van der Waals surface area contributed by atoms with Gasteiger partial charge in [0, 0.05) is 6.07 Å². The molecule has 2 aromatic carbocycles. The van der Waals surface area contributed by atoms with E-state index in [9.17, 15) is 45.5 Å². The van der Waals surface area contributed by atoms with Gasteiger partial charge in [0.1, 0.15) is 11.4 Å². The number of aromatic nitrogens is 2. The second-order valence-corrected chi connectivity index (χ2v) is 9.66. The smallest absolute Gasteiger partial charge is 0.431 e. The monoisotopic (exact) mass is 722 g/mol. The second kappa shape index (κ2) is 17.7. The van der Waals surface area contributed by atoms with Crippen molar-refractivity contribution in [2.24, 2.45) is 10.7 Å². The molecule has 0 aliphatic carbocycles. The van der Waals surface area contributed by atoms with E-state index in [0.717, 1.165) is 5.56 Å². The van der Waals surface area contributed by atoms with Gasteiger partial charge in [-0.25, -0.2) is 19.4 Å². The van der Waals surface area contributed by atoms with Crippen LogP contribution in [-0.4, -0.2) is 34.4 Å². The Bertz CT molecular complexity index is 1650. The first-order valence-electron chi connectivity index (χ1n) is 11.8. The summed E-state index contributed by atoms with van der Waals surface area (Å²) in [4.78, 5) is 48.6. The van der Waals surface area contributed by atoms with Crippen molar-refractivity contribution in [2.45, 2.75) is 32.4 Å². The fourth-order valence-electron chi connectivity index (χ4n) is 2.84. The molecule has 0 fully saturated rings. The zero-order valence-corrected chi connectivity index (χ0v) is 25.6. The molecular formula is C26H20Cl4F6N4O5. The van der Waals surface area contributed by atoms with Gasteiger partial charge in [0.25, 0.3) is 5.56 Å². The van der Waals surface area contributed by atoms with Crippen LogP contribution in [0.25, 0.3) is 0 Å². The van der Waals surface area contributed by atoms with E-state index in [0.29, 0.717) is 26.2 Å². The number of nitrogens with two attached hydrogens (primary N) is 1. The Balaban J connectivity index is 0.000000363. The van der Waals surface area contributed by atoms with E-state index in [1.807, 2.05) is 0 Å². The first kappa shape index (κ1) is 39.3. The quantitative estimate of drug-likeness (QED) is 0.0956. The van der Waals surface area contributed by atoms with Crippen LogP contribution in [0.5, 0.6) is 0 Å². The molecule has 3 N–H and O–H groups in total. The van der Waals surface area contributed by atoms with Crippen LogP contribution in [0.2, 0.25) is 20.1 Å². The highest BCUT2D eigenvalue weighted by Crippen LogP contribution is 2.27. The van der Waals surface area contributed by atoms with Crippen LogP contribution in [0.3, 0.4) is 0 Å². The third kappa shape index (κ3) is 13.0. The third-order valence-corrected chi connectivity index (χ3v) is 6.63. The van der Waals surface area contributed by atoms with E-state index >= 15 is 0 Å². The van der Waals surface area contributed by atoms with Gasteiger partial charge >= 0.3 is 24.0 Å². The summed E-state index contributed by atoms with van der Waals surface area (Å²) in [5.41, 5.74) is 0.479. The molecule has 0 atom stereocenters. The van der Waals surface area contributed by atoms with Crippen molar-refractivity contribution in [3.05, 3.63) is 112 Å². The minimum atomic E-state index is -4.80. The van der Waals surface area contributed by atoms with Gasteiger partial charge in [0.2, 0.25) is 6.08 Å². The van der Waals surface area contributed by atoms with Crippen molar-refractivity contribution in [3.8, 4) is 0 Å². The molecule has 244 valence electrons. The number of aromatic amines is 1. The predicted molar refractivity (Wildman–Crippen MR) is 155 cm³/mol. The van der Waals surface area contributed by atoms with Crippen molar-refractivity contribution in [2.75, 3.05) is 6.61 Å². The van der Waals surface area contributed by atoms with Gasteiger partial charge in [-0.2, -0.15) is 26.3 Å². The number of hydrogen-bond acceptors (Lipinski definition) is 7. The van der Waals surface area contributed by atoms with Crippen LogP contribution in [0.15, 0.2) is 68.8 Å². The molecule has 45 heavy (non-hydrogen) atoms. The Kier molecular flexibility index (Phi) is 15.4. The highest BCUT2D eigenvalue weighted by molar-refractivity contribution is 6.43. The van der Waals surface area contributed by atoms with Crippen molar-refractivity contribution in [1.29, 1.82) is 0 Å². The van der Waals surface area contributed by atoms with Gasteiger partial charge in [-0.3, -0.25) is 9.36 Å². The van der Waals surface area contributed by atoms with E-state index in [1.165, 1.54) is 25.1 Å². The number of ether oxygens (including phenoxy) is 1. The summed E-state index contributed by atoms with van der Waals surface area (Å²) in [5, 5.41) is 1.25. The Hall–Kier alpha value is -3.75. The lowest BCUT2D eigenvalue weighted by molar-refractivity contribution is -0.141. The van der Waals surface area contributed by atoms with Gasteiger partial charge in [-0.1, -0.05) is 70.7 Å². The summed E-state index contributed by atoms with van der Waals surface area (Å²) in [6, 6.07) is 10.1. The Morgan fingerprint density at radius 1 is 1.00 bits per heavy atom. The molecule has 9 nitrogen and oxygen atoms in total. The normalized spacial score (nSPS) is 11.3. The maximum atomic E-state index is 12.5. The molecule has 0 radical (unpaired) electrons. The molecule has 0 amide bonds. The van der Waals surface area contributed by atoms with Crippen LogP contribution in [0, 0.1) is 0 Å². The molecule has 1 heterocycles. The Morgan fingerprint density at radius 2 is 1.53 bits per heavy atom. The number of esters is 1. The topological polar surface area (TPSA) is 137 Å². The summed E-state index contributed by atoms with van der Waals surface area (Å²) < 4.78 is 77.2. The molecule has 0 aliphatic heterocycles. The van der Waals surface area contributed by atoms with Crippen LogP contribution in [0.1, 0.15) is 23.7 Å². The second-order valence-electron chi connectivity index (χ2n) is 8.09. The van der Waals surface area contributed by atoms with Gasteiger partial charge in [0.15, 0.2) is 0 Å². The molecule has 19 heteroatoms. The molecule has 0 saturated heterocycles. The van der Waals surface area contributed by atoms with Crippen LogP contribution in [-0.2, 0) is 33.6 Å². The maximum absolute atomic E-state index is 12.5. The van der Waals surface area contributed by atoms with Gasteiger partial charge in [0.05, 0.1) is 45.9 Å². The first-order valence-corrected chi connectivity index (χ1v) is 13.4. The number of isocyanates is 1. The lowest BCUT2D eigenvalue weighted by atomic mass is 10.2. The number of halogens is 10. The molecule has 0 aliphatic rings. The molecular weight excluding hydrogens is 704 g/mol. The molecule has 0 spiro atoms. The minimum Gasteiger partial charge on any atom is -0.463 e. The van der Waals surface area contributed by atoms with E-state index in [-0.39, 0.29) is 35.8 Å². The number of benzene rings is 2. The number of nitrogens with one attached hydrogen (secondary N) is 1. The van der Waals surface area contributed by atoms with Gasteiger partial charge in [-0.05, 0) is 30.2 Å². The number of hydrogen-bond donors (Lipinski definition) is 2. The molecule has 3 rings (SSSR count). The van der Waals surface area contributed by atoms with E-state index in [4.69, 9.17) is 46.4 Å². The largest absolute Gasteiger partial charge is 0.463 e. The molecule has 1 aromatic heterocycles. The van der Waals surface area contributed by atoms with Crippen molar-refractivity contribution >= 4 is 58.5 Å². The van der Waals surface area contributed by atoms with Crippen molar-refractivity contribution < 1.29 is 40.7 Å². The summed E-state index contributed by atoms with van der Waals surface area (Å²) in [5.74, 6) is -1.09. The fraction of sp³-hybridized carbons (Fsp3) is 0.231. The average molecular weight is 724 g/mol. The first-order chi connectivity index (χ1) is 20.8. The summed E-state index contributed by atoms with van der Waals surface area (Å²) in [7, 11) is 0. The Morgan fingerprint density at radius 3 is 2.00 bits per heavy atom. The Labute approximate surface area is 269 Å². The van der Waals surface area contributed by atoms with E-state index in [1.54, 1.807) is 29.2 Å². The molecule has 0 saturated carbocycles. The molecule has 0 unspecified atom stereocenters. The number of H-pyrrole nitrogens is 1. The highest BCUT2D eigenvalue weighted by atomic mass is 35.5. The highest BCUT2D eigenvalue weighted by Gasteiger charge is 2.33. The van der Waals surface area contributed by atoms with E-state index < -0.39 is 41.0 Å². The number of nitrogens with zero attached hydrogens (tertiary/aromatic N) is 2. The number of rotatable bonds is 6. The molecule has 0 bridgehead atoms. The van der Waals surface area contributed by atoms with Crippen LogP contribution >= 0.6 is 46.4 Å². The van der Waals surface area contributed by atoms with Crippen LogP contribution in [0.4, 0.5) is 26.3 Å². The van der Waals surface area contributed by atoms with Gasteiger partial charge in [-0.15, -0.1) is 0 Å². The number of aliphatic imine (C=N–C) groups is 1. The zero-order valence-electron chi connectivity index (χ0n) is 22.5. The minimum absolute atomic E-state index is 0.0144. The number of carbonyl (C=O) groups is 1. The summed E-state index contributed by atoms with van der Waals surface area (Å²) in [6.07, 6.45) is -7.83. The van der Waals surface area contributed by atoms with E-state index in [2.05, 4.69) is 15.5 Å². The summed E-state index contributed by atoms with van der Waals surface area (Å²) in [6.45, 7) is 1.44. The maximum Gasteiger partial charge on any atom is 0.431 e. The van der Waals surface area contributed by atoms with Crippen molar-refractivity contribution in [3.63, 3.8) is 0 Å². The zero-order chi connectivity index (χ0) is 34.5. The third-order valence-electron chi connectivity index (χ3n) is 4.92. The average Bonchev–Trinajstić information content (AvgIpc) is 2.93. The summed E-state index contributed by atoms with van der Waals surface area (Å²) >= 11 is 23.2. The van der Waals surface area contributed by atoms with Gasteiger partial charge < -0.3 is 15.5 Å². The number of allylic oxidation sites excluding steroid dienone is 1. The lowest BCUT2D eigenvalue weighted by Crippen LogP contribution is -2.37. The molecule has 3 aromatic rings. The van der Waals surface area contributed by atoms with Crippen LogP contribution < -0.4 is 17.0 Å². The van der Waals surface area contributed by atoms with Crippen molar-refractivity contribution in [1.82, 2.24) is 9.55 Å². The lowest BCUT2D eigenvalue weighted by Gasteiger charge is -2.10. The number of carbonyl (C=O) groups excluding carboxylic acids is 2. The number of alkyl halides is 6. The fourth-order valence-corrected chi connectivity index (χ4v) is 3.60. The predicted octanol–water partition coefficient (Wildman–Crippen LogP) is 6.69. The standard InChI is InChI=1S/C12H7Cl2F3N2O2.C8H5Cl2NO.C6H8F3NO2/c13-7-3-1-2-6(10(7)14)5-19-9(20)4-8(12(15,16)17)18-11(19)21;9-7-3-1-2-6(8(7)10)4-11-5-12;1-2-12-5(11)3-4(10)6(7,8)9/h1-4H,5H2,(H,18,21);1-3H,4H2;3H,2,10H2,1H3/b;;4-3-.